The summed E-state index contributed by atoms with van der Waals surface area (Å²) in [5.74, 6) is 0. The highest BCUT2D eigenvalue weighted by molar-refractivity contribution is 7.89. The van der Waals surface area contributed by atoms with E-state index in [2.05, 4.69) is 9.71 Å². The molecule has 0 aliphatic carbocycles. The molecule has 0 saturated heterocycles. The third-order valence-electron chi connectivity index (χ3n) is 3.19. The molecule has 2 N–H and O–H groups in total. The number of nitrogens with zero attached hydrogens (tertiary/aromatic N) is 1. The lowest BCUT2D eigenvalue weighted by atomic mass is 10.1. The van der Waals surface area contributed by atoms with Crippen LogP contribution in [-0.2, 0) is 10.0 Å². The first-order valence-corrected chi connectivity index (χ1v) is 8.19. The molecule has 0 amide bonds. The van der Waals surface area contributed by atoms with Crippen LogP contribution >= 0.6 is 0 Å². The van der Waals surface area contributed by atoms with Crippen LogP contribution in [-0.4, -0.2) is 31.2 Å². The van der Waals surface area contributed by atoms with Gasteiger partial charge in [0.15, 0.2) is 0 Å². The molecule has 0 fully saturated rings. The van der Waals surface area contributed by atoms with Gasteiger partial charge >= 0.3 is 0 Å². The Morgan fingerprint density at radius 3 is 2.43 bits per heavy atom. The maximum atomic E-state index is 12.2. The lowest BCUT2D eigenvalue weighted by molar-refractivity contribution is 0.254. The third kappa shape index (κ3) is 3.87. The number of aliphatic hydroxyl groups excluding tert-OH is 1. The fourth-order valence-electron chi connectivity index (χ4n) is 1.90. The van der Waals surface area contributed by atoms with Crippen LogP contribution in [0.1, 0.15) is 13.3 Å². The normalized spacial score (nSPS) is 13.0. The van der Waals surface area contributed by atoms with Crippen LogP contribution in [0, 0.1) is 0 Å². The van der Waals surface area contributed by atoms with Gasteiger partial charge < -0.3 is 5.11 Å². The van der Waals surface area contributed by atoms with Crippen LogP contribution in [0.5, 0.6) is 0 Å². The molecule has 0 radical (unpaired) electrons. The van der Waals surface area contributed by atoms with Crippen molar-refractivity contribution in [2.45, 2.75) is 24.3 Å². The van der Waals surface area contributed by atoms with Crippen molar-refractivity contribution in [3.8, 4) is 11.1 Å². The molecule has 2 rings (SSSR count). The molecule has 0 bridgehead atoms. The number of aromatic nitrogens is 1. The van der Waals surface area contributed by atoms with Crippen molar-refractivity contribution in [2.75, 3.05) is 6.61 Å². The average molecular weight is 306 g/mol. The Kier molecular flexibility index (Phi) is 5.06. The fourth-order valence-corrected chi connectivity index (χ4v) is 3.21. The quantitative estimate of drug-likeness (QED) is 0.853. The summed E-state index contributed by atoms with van der Waals surface area (Å²) in [6.45, 7) is 1.60. The lowest BCUT2D eigenvalue weighted by Gasteiger charge is -2.14. The van der Waals surface area contributed by atoms with Crippen LogP contribution in [0.15, 0.2) is 53.7 Å². The number of hydrogen-bond acceptors (Lipinski definition) is 4. The topological polar surface area (TPSA) is 79.3 Å². The second-order valence-electron chi connectivity index (χ2n) is 4.68. The largest absolute Gasteiger partial charge is 0.395 e. The standard InChI is InChI=1S/C15H18N2O3S/c1-2-14(11-18)17-21(19,20)15-7-5-12(6-8-15)13-4-3-9-16-10-13/h3-10,14,17-18H,2,11H2,1H3. The number of pyridine rings is 1. The molecule has 1 heterocycles. The molecule has 1 aromatic heterocycles. The molecular weight excluding hydrogens is 288 g/mol. The number of benzene rings is 1. The Balaban J connectivity index is 2.22. The van der Waals surface area contributed by atoms with E-state index in [1.54, 1.807) is 36.7 Å². The van der Waals surface area contributed by atoms with Gasteiger partial charge in [-0.1, -0.05) is 25.1 Å². The van der Waals surface area contributed by atoms with Crippen LogP contribution < -0.4 is 4.72 Å². The maximum Gasteiger partial charge on any atom is 0.240 e. The van der Waals surface area contributed by atoms with E-state index < -0.39 is 16.1 Å². The molecule has 0 saturated carbocycles. The summed E-state index contributed by atoms with van der Waals surface area (Å²) in [5.41, 5.74) is 1.83. The second kappa shape index (κ2) is 6.80. The van der Waals surface area contributed by atoms with Gasteiger partial charge in [-0.3, -0.25) is 4.98 Å². The molecular formula is C15H18N2O3S. The summed E-state index contributed by atoms with van der Waals surface area (Å²) in [6, 6.07) is 9.86. The first-order chi connectivity index (χ1) is 10.1. The zero-order valence-electron chi connectivity index (χ0n) is 11.7. The lowest BCUT2D eigenvalue weighted by Crippen LogP contribution is -2.36. The fraction of sp³-hybridized carbons (Fsp3) is 0.267. The third-order valence-corrected chi connectivity index (χ3v) is 4.73. The molecule has 1 aromatic carbocycles. The molecule has 5 nitrogen and oxygen atoms in total. The van der Waals surface area contributed by atoms with E-state index in [-0.39, 0.29) is 11.5 Å². The van der Waals surface area contributed by atoms with Crippen LogP contribution in [0.4, 0.5) is 0 Å². The molecule has 1 unspecified atom stereocenters. The van der Waals surface area contributed by atoms with Crippen molar-refractivity contribution in [3.05, 3.63) is 48.8 Å². The number of nitrogens with one attached hydrogen (secondary N) is 1. The van der Waals surface area contributed by atoms with Gasteiger partial charge in [-0.05, 0) is 35.7 Å². The maximum absolute atomic E-state index is 12.2. The molecule has 0 aliphatic heterocycles. The second-order valence-corrected chi connectivity index (χ2v) is 6.39. The first-order valence-electron chi connectivity index (χ1n) is 6.70. The van der Waals surface area contributed by atoms with Crippen molar-refractivity contribution in [1.29, 1.82) is 0 Å². The average Bonchev–Trinajstić information content (AvgIpc) is 2.53. The Morgan fingerprint density at radius 1 is 1.19 bits per heavy atom. The molecule has 0 spiro atoms. The van der Waals surface area contributed by atoms with Crippen LogP contribution in [0.25, 0.3) is 11.1 Å². The van der Waals surface area contributed by atoms with Gasteiger partial charge in [0.1, 0.15) is 0 Å². The predicted molar refractivity (Wildman–Crippen MR) is 81.2 cm³/mol. The number of hydrogen-bond donors (Lipinski definition) is 2. The Labute approximate surface area is 124 Å². The Morgan fingerprint density at radius 2 is 1.90 bits per heavy atom. The smallest absolute Gasteiger partial charge is 0.240 e. The van der Waals surface area contributed by atoms with Crippen molar-refractivity contribution in [1.82, 2.24) is 9.71 Å². The van der Waals surface area contributed by atoms with E-state index in [1.807, 2.05) is 19.1 Å². The summed E-state index contributed by atoms with van der Waals surface area (Å²) in [6.07, 6.45) is 3.94. The first kappa shape index (κ1) is 15.6. The van der Waals surface area contributed by atoms with Crippen molar-refractivity contribution in [3.63, 3.8) is 0 Å². The zero-order valence-corrected chi connectivity index (χ0v) is 12.5. The Bertz CT molecular complexity index is 666. The van der Waals surface area contributed by atoms with Gasteiger partial charge in [0.05, 0.1) is 11.5 Å². The molecule has 6 heteroatoms. The van der Waals surface area contributed by atoms with E-state index in [0.29, 0.717) is 6.42 Å². The van der Waals surface area contributed by atoms with Gasteiger partial charge in [-0.25, -0.2) is 13.1 Å². The molecule has 2 aromatic rings. The van der Waals surface area contributed by atoms with Crippen LogP contribution in [0.3, 0.4) is 0 Å². The molecule has 112 valence electrons. The summed E-state index contributed by atoms with van der Waals surface area (Å²) >= 11 is 0. The molecule has 0 aliphatic rings. The van der Waals surface area contributed by atoms with E-state index in [9.17, 15) is 8.42 Å². The summed E-state index contributed by atoms with van der Waals surface area (Å²) in [5, 5.41) is 9.10. The van der Waals surface area contributed by atoms with E-state index >= 15 is 0 Å². The van der Waals surface area contributed by atoms with Crippen molar-refractivity contribution < 1.29 is 13.5 Å². The van der Waals surface area contributed by atoms with Crippen LogP contribution in [0.2, 0.25) is 0 Å². The van der Waals surface area contributed by atoms with Crippen molar-refractivity contribution >= 4 is 10.0 Å². The summed E-state index contributed by atoms with van der Waals surface area (Å²) in [7, 11) is -3.61. The number of aliphatic hydroxyl groups is 1. The SMILES string of the molecule is CCC(CO)NS(=O)(=O)c1ccc(-c2cccnc2)cc1. The highest BCUT2D eigenvalue weighted by Gasteiger charge is 2.18. The summed E-state index contributed by atoms with van der Waals surface area (Å²) < 4.78 is 26.8. The minimum Gasteiger partial charge on any atom is -0.395 e. The highest BCUT2D eigenvalue weighted by Crippen LogP contribution is 2.20. The molecule has 21 heavy (non-hydrogen) atoms. The van der Waals surface area contributed by atoms with E-state index in [0.717, 1.165) is 11.1 Å². The monoisotopic (exact) mass is 306 g/mol. The number of rotatable bonds is 6. The number of sulfonamides is 1. The molecule has 1 atom stereocenters. The summed E-state index contributed by atoms with van der Waals surface area (Å²) in [4.78, 5) is 4.22. The van der Waals surface area contributed by atoms with Gasteiger partial charge in [-0.15, -0.1) is 0 Å². The zero-order chi connectivity index (χ0) is 15.3. The minimum atomic E-state index is -3.61. The van der Waals surface area contributed by atoms with E-state index in [4.69, 9.17) is 5.11 Å². The van der Waals surface area contributed by atoms with Gasteiger partial charge in [0.25, 0.3) is 0 Å². The van der Waals surface area contributed by atoms with E-state index in [1.165, 1.54) is 0 Å². The van der Waals surface area contributed by atoms with Gasteiger partial charge in [0.2, 0.25) is 10.0 Å². The van der Waals surface area contributed by atoms with Crippen molar-refractivity contribution in [2.24, 2.45) is 0 Å². The van der Waals surface area contributed by atoms with Gasteiger partial charge in [0, 0.05) is 18.4 Å². The van der Waals surface area contributed by atoms with Gasteiger partial charge in [-0.2, -0.15) is 0 Å². The minimum absolute atomic E-state index is 0.182. The highest BCUT2D eigenvalue weighted by atomic mass is 32.2. The Hall–Kier alpha value is -1.76. The predicted octanol–water partition coefficient (Wildman–Crippen LogP) is 1.80.